The summed E-state index contributed by atoms with van der Waals surface area (Å²) < 4.78 is 0. The first-order valence-corrected chi connectivity index (χ1v) is 5.85. The number of nitrogens with two attached hydrogens (primary N) is 1. The second kappa shape index (κ2) is 6.27. The van der Waals surface area contributed by atoms with Gasteiger partial charge in [-0.15, -0.1) is 0 Å². The van der Waals surface area contributed by atoms with Crippen molar-refractivity contribution in [3.05, 3.63) is 35.9 Å². The van der Waals surface area contributed by atoms with Gasteiger partial charge in [0.05, 0.1) is 12.5 Å². The third-order valence-electron chi connectivity index (χ3n) is 3.04. The molecule has 0 aliphatic rings. The number of ketones is 1. The van der Waals surface area contributed by atoms with E-state index in [0.29, 0.717) is 0 Å². The average molecular weight is 280 g/mol. The molecule has 1 aromatic rings. The molecule has 1 aromatic carbocycles. The predicted octanol–water partition coefficient (Wildman–Crippen LogP) is -0.286. The Morgan fingerprint density at radius 3 is 2.20 bits per heavy atom. The van der Waals surface area contributed by atoms with E-state index < -0.39 is 35.7 Å². The molecule has 0 fully saturated rings. The van der Waals surface area contributed by atoms with E-state index in [1.54, 1.807) is 18.2 Å². The Kier molecular flexibility index (Phi) is 4.95. The molecule has 20 heavy (non-hydrogen) atoms. The van der Waals surface area contributed by atoms with Gasteiger partial charge >= 0.3 is 11.9 Å². The molecule has 2 atom stereocenters. The van der Waals surface area contributed by atoms with Crippen LogP contribution in [0.1, 0.15) is 16.8 Å². The zero-order valence-corrected chi connectivity index (χ0v) is 10.9. The lowest BCUT2D eigenvalue weighted by atomic mass is 9.81. The monoisotopic (exact) mass is 280 g/mol. The van der Waals surface area contributed by atoms with Gasteiger partial charge in [0.1, 0.15) is 0 Å². The number of hydrogen-bond donors (Lipinski definition) is 4. The highest BCUT2D eigenvalue weighted by Crippen LogP contribution is 2.18. The number of benzene rings is 1. The number of carboxylic acid groups (broad SMARTS) is 2. The summed E-state index contributed by atoms with van der Waals surface area (Å²) in [4.78, 5) is 34.6. The molecule has 7 heteroatoms. The highest BCUT2D eigenvalue weighted by Gasteiger charge is 2.49. The first-order chi connectivity index (χ1) is 9.33. The predicted molar refractivity (Wildman–Crippen MR) is 70.4 cm³/mol. The molecule has 0 aliphatic carbocycles. The van der Waals surface area contributed by atoms with Crippen molar-refractivity contribution in [1.82, 2.24) is 5.32 Å². The molecular weight excluding hydrogens is 264 g/mol. The third-order valence-corrected chi connectivity index (χ3v) is 3.04. The molecule has 7 nitrogen and oxygen atoms in total. The Hall–Kier alpha value is -2.25. The summed E-state index contributed by atoms with van der Waals surface area (Å²) in [7, 11) is 1.36. The van der Waals surface area contributed by atoms with Crippen LogP contribution in [0.25, 0.3) is 0 Å². The van der Waals surface area contributed by atoms with E-state index in [-0.39, 0.29) is 5.56 Å². The standard InChI is InChI=1S/C13H16N2O5/c1-15-9(7-10(16)17)13(14,12(19)20)11(18)8-5-3-2-4-6-8/h2-6,9,15H,7,14H2,1H3,(H,16,17)(H,19,20)/t9?,13-/m1/s1. The van der Waals surface area contributed by atoms with E-state index in [1.165, 1.54) is 19.2 Å². The smallest absolute Gasteiger partial charge is 0.333 e. The van der Waals surface area contributed by atoms with E-state index >= 15 is 0 Å². The molecule has 5 N–H and O–H groups in total. The lowest BCUT2D eigenvalue weighted by molar-refractivity contribution is -0.143. The van der Waals surface area contributed by atoms with E-state index in [1.807, 2.05) is 0 Å². The van der Waals surface area contributed by atoms with Crippen LogP contribution in [0.3, 0.4) is 0 Å². The number of likely N-dealkylation sites (N-methyl/N-ethyl adjacent to an activating group) is 1. The maximum Gasteiger partial charge on any atom is 0.333 e. The molecule has 0 heterocycles. The minimum atomic E-state index is -2.35. The Bertz CT molecular complexity index is 517. The number of Topliss-reactive ketones (excluding diaryl/α,β-unsaturated/α-hetero) is 1. The number of nitrogens with one attached hydrogen (secondary N) is 1. The molecule has 0 saturated heterocycles. The number of aliphatic carboxylic acids is 2. The number of hydrogen-bond acceptors (Lipinski definition) is 5. The lowest BCUT2D eigenvalue weighted by Crippen LogP contribution is -2.67. The van der Waals surface area contributed by atoms with Crippen LogP contribution in [-0.4, -0.2) is 46.6 Å². The molecule has 0 radical (unpaired) electrons. The number of rotatable bonds is 7. The summed E-state index contributed by atoms with van der Waals surface area (Å²) >= 11 is 0. The van der Waals surface area contributed by atoms with Crippen molar-refractivity contribution >= 4 is 17.7 Å². The van der Waals surface area contributed by atoms with Gasteiger partial charge in [0.15, 0.2) is 11.3 Å². The van der Waals surface area contributed by atoms with Gasteiger partial charge in [-0.25, -0.2) is 4.79 Å². The summed E-state index contributed by atoms with van der Waals surface area (Å²) in [6.45, 7) is 0. The van der Waals surface area contributed by atoms with E-state index in [0.717, 1.165) is 0 Å². The van der Waals surface area contributed by atoms with Crippen LogP contribution < -0.4 is 11.1 Å². The average Bonchev–Trinajstić information content (AvgIpc) is 2.43. The summed E-state index contributed by atoms with van der Waals surface area (Å²) in [6, 6.07) is 6.44. The van der Waals surface area contributed by atoms with Crippen LogP contribution in [-0.2, 0) is 9.59 Å². The molecule has 0 spiro atoms. The zero-order valence-electron chi connectivity index (χ0n) is 10.9. The SMILES string of the molecule is CNC(CC(=O)O)[C@](N)(C(=O)O)C(=O)c1ccccc1. The van der Waals surface area contributed by atoms with E-state index in [9.17, 15) is 19.5 Å². The van der Waals surface area contributed by atoms with Crippen LogP contribution in [0.5, 0.6) is 0 Å². The third kappa shape index (κ3) is 3.01. The molecule has 1 unspecified atom stereocenters. The molecule has 1 rings (SSSR count). The van der Waals surface area contributed by atoms with Gasteiger partial charge in [-0.1, -0.05) is 30.3 Å². The molecule has 0 bridgehead atoms. The van der Waals surface area contributed by atoms with Crippen molar-refractivity contribution in [1.29, 1.82) is 0 Å². The lowest BCUT2D eigenvalue weighted by Gasteiger charge is -2.31. The summed E-state index contributed by atoms with van der Waals surface area (Å²) in [6.07, 6.45) is -0.585. The van der Waals surface area contributed by atoms with Gasteiger partial charge in [0, 0.05) is 5.56 Å². The number of carbonyl (C=O) groups excluding carboxylic acids is 1. The highest BCUT2D eigenvalue weighted by molar-refractivity contribution is 6.16. The topological polar surface area (TPSA) is 130 Å². The zero-order chi connectivity index (χ0) is 15.3. The molecule has 0 aliphatic heterocycles. The van der Waals surface area contributed by atoms with Crippen LogP contribution in [0, 0.1) is 0 Å². The number of carboxylic acids is 2. The summed E-state index contributed by atoms with van der Waals surface area (Å²) in [5.41, 5.74) is 3.51. The van der Waals surface area contributed by atoms with Gasteiger partial charge < -0.3 is 21.3 Å². The maximum atomic E-state index is 12.4. The van der Waals surface area contributed by atoms with Gasteiger partial charge in [-0.05, 0) is 7.05 Å². The molecule has 108 valence electrons. The van der Waals surface area contributed by atoms with Crippen molar-refractivity contribution < 1.29 is 24.6 Å². The van der Waals surface area contributed by atoms with Gasteiger partial charge in [0.2, 0.25) is 0 Å². The quantitative estimate of drug-likeness (QED) is 0.399. The number of carbonyl (C=O) groups is 3. The minimum Gasteiger partial charge on any atom is -0.481 e. The van der Waals surface area contributed by atoms with Crippen molar-refractivity contribution in [2.75, 3.05) is 7.05 Å². The Labute approximate surface area is 115 Å². The van der Waals surface area contributed by atoms with Crippen molar-refractivity contribution in [3.63, 3.8) is 0 Å². The fourth-order valence-corrected chi connectivity index (χ4v) is 1.90. The first kappa shape index (κ1) is 15.8. The fourth-order valence-electron chi connectivity index (χ4n) is 1.90. The van der Waals surface area contributed by atoms with Gasteiger partial charge in [-0.3, -0.25) is 9.59 Å². The molecule has 0 amide bonds. The summed E-state index contributed by atoms with van der Waals surface area (Å²) in [5.74, 6) is -3.67. The van der Waals surface area contributed by atoms with Crippen LogP contribution in [0.2, 0.25) is 0 Å². The van der Waals surface area contributed by atoms with Crippen LogP contribution >= 0.6 is 0 Å². The largest absolute Gasteiger partial charge is 0.481 e. The Morgan fingerprint density at radius 2 is 1.80 bits per heavy atom. The maximum absolute atomic E-state index is 12.4. The van der Waals surface area contributed by atoms with Crippen molar-refractivity contribution in [2.45, 2.75) is 18.0 Å². The second-order valence-electron chi connectivity index (χ2n) is 4.31. The van der Waals surface area contributed by atoms with E-state index in [4.69, 9.17) is 10.8 Å². The summed E-state index contributed by atoms with van der Waals surface area (Å²) in [5, 5.41) is 20.6. The normalized spacial score (nSPS) is 15.1. The Morgan fingerprint density at radius 1 is 1.25 bits per heavy atom. The van der Waals surface area contributed by atoms with Gasteiger partial charge in [0.25, 0.3) is 0 Å². The van der Waals surface area contributed by atoms with Crippen molar-refractivity contribution in [3.8, 4) is 0 Å². The van der Waals surface area contributed by atoms with Gasteiger partial charge in [-0.2, -0.15) is 0 Å². The molecule has 0 aromatic heterocycles. The molecular formula is C13H16N2O5. The first-order valence-electron chi connectivity index (χ1n) is 5.85. The van der Waals surface area contributed by atoms with Crippen LogP contribution in [0.15, 0.2) is 30.3 Å². The highest BCUT2D eigenvalue weighted by atomic mass is 16.4. The second-order valence-corrected chi connectivity index (χ2v) is 4.31. The molecule has 0 saturated carbocycles. The minimum absolute atomic E-state index is 0.114. The van der Waals surface area contributed by atoms with Crippen LogP contribution in [0.4, 0.5) is 0 Å². The van der Waals surface area contributed by atoms with Crippen molar-refractivity contribution in [2.24, 2.45) is 5.73 Å². The Balaban J connectivity index is 3.23. The van der Waals surface area contributed by atoms with E-state index in [2.05, 4.69) is 5.32 Å². The fraction of sp³-hybridized carbons (Fsp3) is 0.308.